The Morgan fingerprint density at radius 2 is 1.75 bits per heavy atom. The summed E-state index contributed by atoms with van der Waals surface area (Å²) in [5.41, 5.74) is 2.79. The van der Waals surface area contributed by atoms with Crippen molar-refractivity contribution in [2.45, 2.75) is 40.0 Å². The van der Waals surface area contributed by atoms with E-state index in [4.69, 9.17) is 5.84 Å². The number of nitrogens with two attached hydrogens (primary N) is 1. The van der Waals surface area contributed by atoms with Crippen molar-refractivity contribution < 1.29 is 0 Å². The third-order valence-electron chi connectivity index (χ3n) is 3.30. The summed E-state index contributed by atoms with van der Waals surface area (Å²) in [6, 6.07) is 0. The van der Waals surface area contributed by atoms with Gasteiger partial charge in [0.05, 0.1) is 0 Å². The molecule has 0 bridgehead atoms. The van der Waals surface area contributed by atoms with Gasteiger partial charge in [-0.25, -0.2) is 5.84 Å². The smallest absolute Gasteiger partial charge is 0.243 e. The van der Waals surface area contributed by atoms with Gasteiger partial charge in [-0.15, -0.1) is 0 Å². The van der Waals surface area contributed by atoms with Gasteiger partial charge in [0, 0.05) is 19.6 Å². The van der Waals surface area contributed by atoms with Crippen molar-refractivity contribution >= 4 is 17.8 Å². The van der Waals surface area contributed by atoms with Crippen LogP contribution in [0.25, 0.3) is 0 Å². The predicted molar refractivity (Wildman–Crippen MR) is 81.6 cm³/mol. The Hall–Kier alpha value is -1.63. The number of nitrogens with zero attached hydrogens (tertiary/aromatic N) is 4. The Balaban J connectivity index is 2.05. The van der Waals surface area contributed by atoms with Crippen molar-refractivity contribution in [3.63, 3.8) is 0 Å². The molecule has 0 radical (unpaired) electrons. The summed E-state index contributed by atoms with van der Waals surface area (Å²) in [7, 11) is 0. The van der Waals surface area contributed by atoms with Crippen molar-refractivity contribution in [1.82, 2.24) is 15.0 Å². The van der Waals surface area contributed by atoms with E-state index in [0.717, 1.165) is 26.1 Å². The van der Waals surface area contributed by atoms with Gasteiger partial charge in [0.25, 0.3) is 0 Å². The Kier molecular flexibility index (Phi) is 4.59. The van der Waals surface area contributed by atoms with Crippen LogP contribution in [0.1, 0.15) is 40.0 Å². The van der Waals surface area contributed by atoms with Crippen molar-refractivity contribution in [3.8, 4) is 0 Å². The minimum Gasteiger partial charge on any atom is -0.354 e. The number of nitrogen functional groups attached to an aromatic ring is 1. The summed E-state index contributed by atoms with van der Waals surface area (Å²) in [5.74, 6) is 7.12. The highest BCUT2D eigenvalue weighted by Gasteiger charge is 2.17. The lowest BCUT2D eigenvalue weighted by Gasteiger charge is -2.19. The monoisotopic (exact) mass is 279 g/mol. The van der Waals surface area contributed by atoms with Crippen molar-refractivity contribution in [1.29, 1.82) is 0 Å². The normalized spacial score (nSPS) is 15.5. The topological polar surface area (TPSA) is 92.0 Å². The van der Waals surface area contributed by atoms with Crippen LogP contribution in [0.2, 0.25) is 0 Å². The fourth-order valence-corrected chi connectivity index (χ4v) is 2.12. The van der Waals surface area contributed by atoms with Gasteiger partial charge in [0.1, 0.15) is 0 Å². The van der Waals surface area contributed by atoms with Crippen LogP contribution in [-0.4, -0.2) is 34.6 Å². The van der Waals surface area contributed by atoms with Gasteiger partial charge in [-0.3, -0.25) is 5.43 Å². The Bertz CT molecular complexity index is 435. The predicted octanol–water partition coefficient (Wildman–Crippen LogP) is 1.61. The zero-order chi connectivity index (χ0) is 14.6. The lowest BCUT2D eigenvalue weighted by molar-refractivity contribution is 0.389. The second-order valence-electron chi connectivity index (χ2n) is 6.36. The highest BCUT2D eigenvalue weighted by molar-refractivity contribution is 5.43. The number of anilines is 3. The molecule has 0 saturated carbocycles. The maximum atomic E-state index is 5.44. The van der Waals surface area contributed by atoms with Gasteiger partial charge >= 0.3 is 0 Å². The lowest BCUT2D eigenvalue weighted by Crippen LogP contribution is -2.23. The van der Waals surface area contributed by atoms with Crippen molar-refractivity contribution in [3.05, 3.63) is 0 Å². The first-order valence-corrected chi connectivity index (χ1v) is 7.19. The van der Waals surface area contributed by atoms with Crippen molar-refractivity contribution in [2.75, 3.05) is 35.3 Å². The maximum absolute atomic E-state index is 5.44. The first-order chi connectivity index (χ1) is 9.48. The number of hydrogen-bond donors (Lipinski definition) is 3. The Labute approximate surface area is 120 Å². The molecule has 0 amide bonds. The fourth-order valence-electron chi connectivity index (χ4n) is 2.12. The summed E-state index contributed by atoms with van der Waals surface area (Å²) in [4.78, 5) is 15.2. The van der Waals surface area contributed by atoms with Crippen LogP contribution >= 0.6 is 0 Å². The molecule has 2 rings (SSSR count). The van der Waals surface area contributed by atoms with Crippen LogP contribution in [0.15, 0.2) is 0 Å². The Morgan fingerprint density at radius 1 is 1.10 bits per heavy atom. The van der Waals surface area contributed by atoms with E-state index in [-0.39, 0.29) is 5.41 Å². The zero-order valence-corrected chi connectivity index (χ0v) is 12.6. The molecule has 1 aliphatic heterocycles. The van der Waals surface area contributed by atoms with E-state index >= 15 is 0 Å². The maximum Gasteiger partial charge on any atom is 0.243 e. The van der Waals surface area contributed by atoms with Gasteiger partial charge in [-0.2, -0.15) is 15.0 Å². The largest absolute Gasteiger partial charge is 0.354 e. The molecule has 1 fully saturated rings. The van der Waals surface area contributed by atoms with E-state index in [1.165, 1.54) is 12.8 Å². The van der Waals surface area contributed by atoms with Crippen LogP contribution < -0.4 is 21.5 Å². The summed E-state index contributed by atoms with van der Waals surface area (Å²) >= 11 is 0. The average molecular weight is 279 g/mol. The van der Waals surface area contributed by atoms with E-state index in [9.17, 15) is 0 Å². The molecule has 0 aliphatic carbocycles. The number of rotatable bonds is 5. The standard InChI is InChI=1S/C13H25N7/c1-13(2,3)6-7-15-10-16-11(19-14)18-12(17-10)20-8-4-5-9-20/h4-9,14H2,1-3H3,(H2,15,16,17,18,19). The van der Waals surface area contributed by atoms with E-state index in [1.807, 2.05) is 0 Å². The highest BCUT2D eigenvalue weighted by Crippen LogP contribution is 2.20. The van der Waals surface area contributed by atoms with E-state index in [2.05, 4.69) is 51.4 Å². The van der Waals surface area contributed by atoms with Crippen LogP contribution in [0.3, 0.4) is 0 Å². The Morgan fingerprint density at radius 3 is 2.35 bits per heavy atom. The lowest BCUT2D eigenvalue weighted by atomic mass is 9.92. The highest BCUT2D eigenvalue weighted by atomic mass is 15.4. The van der Waals surface area contributed by atoms with Crippen molar-refractivity contribution in [2.24, 2.45) is 11.3 Å². The molecule has 4 N–H and O–H groups in total. The summed E-state index contributed by atoms with van der Waals surface area (Å²) in [6.07, 6.45) is 3.41. The summed E-state index contributed by atoms with van der Waals surface area (Å²) in [6.45, 7) is 9.46. The molecule has 1 aliphatic rings. The molecule has 1 aromatic heterocycles. The molecule has 0 spiro atoms. The van der Waals surface area contributed by atoms with Gasteiger partial charge in [-0.1, -0.05) is 20.8 Å². The first kappa shape index (κ1) is 14.8. The number of hydrogen-bond acceptors (Lipinski definition) is 7. The second-order valence-corrected chi connectivity index (χ2v) is 6.36. The average Bonchev–Trinajstić information content (AvgIpc) is 2.90. The first-order valence-electron chi connectivity index (χ1n) is 7.19. The molecule has 1 saturated heterocycles. The van der Waals surface area contributed by atoms with Gasteiger partial charge in [-0.05, 0) is 24.7 Å². The number of nitrogens with one attached hydrogen (secondary N) is 2. The third-order valence-corrected chi connectivity index (χ3v) is 3.30. The number of hydrazine groups is 1. The molecule has 0 unspecified atom stereocenters. The SMILES string of the molecule is CC(C)(C)CCNc1nc(NN)nc(N2CCCC2)n1. The van der Waals surface area contributed by atoms with Crippen LogP contribution in [-0.2, 0) is 0 Å². The summed E-state index contributed by atoms with van der Waals surface area (Å²) < 4.78 is 0. The molecular formula is C13H25N7. The fraction of sp³-hybridized carbons (Fsp3) is 0.769. The van der Waals surface area contributed by atoms with E-state index in [0.29, 0.717) is 17.8 Å². The molecule has 2 heterocycles. The molecule has 1 aromatic rings. The molecular weight excluding hydrogens is 254 g/mol. The number of aromatic nitrogens is 3. The molecule has 0 aromatic carbocycles. The zero-order valence-electron chi connectivity index (χ0n) is 12.6. The van der Waals surface area contributed by atoms with Crippen LogP contribution in [0.5, 0.6) is 0 Å². The minimum absolute atomic E-state index is 0.284. The van der Waals surface area contributed by atoms with Crippen LogP contribution in [0, 0.1) is 5.41 Å². The van der Waals surface area contributed by atoms with Gasteiger partial charge < -0.3 is 10.2 Å². The third kappa shape index (κ3) is 4.19. The second kappa shape index (κ2) is 6.21. The molecule has 112 valence electrons. The van der Waals surface area contributed by atoms with E-state index in [1.54, 1.807) is 0 Å². The molecule has 7 nitrogen and oxygen atoms in total. The summed E-state index contributed by atoms with van der Waals surface area (Å²) in [5, 5.41) is 3.26. The quantitative estimate of drug-likeness (QED) is 0.557. The molecule has 0 atom stereocenters. The minimum atomic E-state index is 0.284. The van der Waals surface area contributed by atoms with Gasteiger partial charge in [0.2, 0.25) is 17.8 Å². The molecule has 7 heteroatoms. The van der Waals surface area contributed by atoms with Crippen LogP contribution in [0.4, 0.5) is 17.8 Å². The van der Waals surface area contributed by atoms with Gasteiger partial charge in [0.15, 0.2) is 0 Å². The van der Waals surface area contributed by atoms with E-state index < -0.39 is 0 Å². The molecule has 20 heavy (non-hydrogen) atoms.